The zero-order valence-corrected chi connectivity index (χ0v) is 10.6. The summed E-state index contributed by atoms with van der Waals surface area (Å²) in [5.41, 5.74) is 0. The van der Waals surface area contributed by atoms with E-state index in [4.69, 9.17) is 0 Å². The van der Waals surface area contributed by atoms with Gasteiger partial charge in [0.1, 0.15) is 6.10 Å². The third-order valence-electron chi connectivity index (χ3n) is 2.53. The van der Waals surface area contributed by atoms with Crippen LogP contribution in [-0.4, -0.2) is 42.5 Å². The van der Waals surface area contributed by atoms with Gasteiger partial charge in [-0.2, -0.15) is 8.78 Å². The van der Waals surface area contributed by atoms with Crippen molar-refractivity contribution < 1.29 is 23.1 Å². The van der Waals surface area contributed by atoms with Crippen LogP contribution in [0.15, 0.2) is 0 Å². The van der Waals surface area contributed by atoms with Crippen LogP contribution in [-0.2, 0) is 14.3 Å². The Kier molecular flexibility index (Phi) is 4.61. The van der Waals surface area contributed by atoms with E-state index in [2.05, 4.69) is 15.4 Å². The second-order valence-corrected chi connectivity index (χ2v) is 4.73. The Morgan fingerprint density at radius 1 is 1.50 bits per heavy atom. The summed E-state index contributed by atoms with van der Waals surface area (Å²) >= 11 is 0. The Bertz CT molecular complexity index is 334. The van der Waals surface area contributed by atoms with E-state index in [0.29, 0.717) is 0 Å². The third kappa shape index (κ3) is 3.90. The molecule has 5 nitrogen and oxygen atoms in total. The molecule has 1 aliphatic heterocycles. The molecule has 2 unspecified atom stereocenters. The maximum Gasteiger partial charge on any atom is 0.377 e. The number of alkyl halides is 2. The van der Waals surface area contributed by atoms with Crippen molar-refractivity contribution in [1.82, 2.24) is 10.6 Å². The van der Waals surface area contributed by atoms with E-state index in [1.54, 1.807) is 6.92 Å². The van der Waals surface area contributed by atoms with Crippen molar-refractivity contribution in [3.05, 3.63) is 0 Å². The predicted molar refractivity (Wildman–Crippen MR) is 60.2 cm³/mol. The average molecular weight is 264 g/mol. The van der Waals surface area contributed by atoms with E-state index in [-0.39, 0.29) is 18.5 Å². The van der Waals surface area contributed by atoms with Crippen LogP contribution in [0, 0.1) is 0 Å². The first kappa shape index (κ1) is 14.8. The standard InChI is InChI=1S/C11H18F2N2O3/c1-6(2)15-9(16)7(3)14-5-8-4-11(12,13)10(17)18-8/h6-8,14H,4-5H2,1-3H3,(H,15,16). The molecular weight excluding hydrogens is 246 g/mol. The van der Waals surface area contributed by atoms with Gasteiger partial charge >= 0.3 is 11.9 Å². The molecule has 18 heavy (non-hydrogen) atoms. The smallest absolute Gasteiger partial charge is 0.377 e. The van der Waals surface area contributed by atoms with Crippen molar-refractivity contribution in [2.75, 3.05) is 6.54 Å². The van der Waals surface area contributed by atoms with Gasteiger partial charge in [-0.25, -0.2) is 4.79 Å². The van der Waals surface area contributed by atoms with Gasteiger partial charge in [-0.15, -0.1) is 0 Å². The number of nitrogens with one attached hydrogen (secondary N) is 2. The summed E-state index contributed by atoms with van der Waals surface area (Å²) in [6, 6.07) is -0.518. The zero-order valence-electron chi connectivity index (χ0n) is 10.6. The molecule has 0 saturated carbocycles. The lowest BCUT2D eigenvalue weighted by atomic mass is 10.2. The second-order valence-electron chi connectivity index (χ2n) is 4.73. The Morgan fingerprint density at radius 2 is 2.11 bits per heavy atom. The molecule has 0 bridgehead atoms. The van der Waals surface area contributed by atoms with Crippen LogP contribution in [0.1, 0.15) is 27.2 Å². The summed E-state index contributed by atoms with van der Waals surface area (Å²) in [6.45, 7) is 5.30. The number of halogens is 2. The Labute approximate surface area is 104 Å². The van der Waals surface area contributed by atoms with Crippen molar-refractivity contribution >= 4 is 11.9 Å². The van der Waals surface area contributed by atoms with Gasteiger partial charge in [0, 0.05) is 12.6 Å². The fraction of sp³-hybridized carbons (Fsp3) is 0.818. The van der Waals surface area contributed by atoms with E-state index in [9.17, 15) is 18.4 Å². The van der Waals surface area contributed by atoms with Crippen molar-refractivity contribution in [1.29, 1.82) is 0 Å². The fourth-order valence-electron chi connectivity index (χ4n) is 1.57. The van der Waals surface area contributed by atoms with Gasteiger partial charge in [-0.1, -0.05) is 0 Å². The topological polar surface area (TPSA) is 67.4 Å². The van der Waals surface area contributed by atoms with Gasteiger partial charge in [0.15, 0.2) is 0 Å². The molecule has 2 N–H and O–H groups in total. The number of cyclic esters (lactones) is 1. The Balaban J connectivity index is 2.34. The minimum absolute atomic E-state index is 0.00962. The second kappa shape index (κ2) is 5.60. The largest absolute Gasteiger partial charge is 0.456 e. The van der Waals surface area contributed by atoms with E-state index < -0.39 is 30.5 Å². The van der Waals surface area contributed by atoms with Gasteiger partial charge in [-0.05, 0) is 20.8 Å². The molecule has 1 rings (SSSR count). The SMILES string of the molecule is CC(C)NC(=O)C(C)NCC1CC(F)(F)C(=O)O1. The zero-order chi connectivity index (χ0) is 13.9. The highest BCUT2D eigenvalue weighted by Crippen LogP contribution is 2.30. The van der Waals surface area contributed by atoms with Crippen molar-refractivity contribution in [3.8, 4) is 0 Å². The lowest BCUT2D eigenvalue weighted by molar-refractivity contribution is -0.159. The fourth-order valence-corrected chi connectivity index (χ4v) is 1.57. The monoisotopic (exact) mass is 264 g/mol. The van der Waals surface area contributed by atoms with Crippen LogP contribution >= 0.6 is 0 Å². The summed E-state index contributed by atoms with van der Waals surface area (Å²) in [5.74, 6) is -5.12. The van der Waals surface area contributed by atoms with Crippen LogP contribution in [0.5, 0.6) is 0 Å². The number of hydrogen-bond donors (Lipinski definition) is 2. The van der Waals surface area contributed by atoms with Gasteiger partial charge in [-0.3, -0.25) is 4.79 Å². The minimum atomic E-state index is -3.41. The number of amides is 1. The summed E-state index contributed by atoms with van der Waals surface area (Å²) in [4.78, 5) is 22.3. The number of hydrogen-bond acceptors (Lipinski definition) is 4. The molecule has 1 amide bonds. The first-order valence-electron chi connectivity index (χ1n) is 5.85. The van der Waals surface area contributed by atoms with Crippen molar-refractivity contribution in [2.45, 2.75) is 51.3 Å². The average Bonchev–Trinajstić information content (AvgIpc) is 2.48. The van der Waals surface area contributed by atoms with Gasteiger partial charge in [0.2, 0.25) is 5.91 Å². The van der Waals surface area contributed by atoms with Gasteiger partial charge in [0.05, 0.1) is 12.5 Å². The van der Waals surface area contributed by atoms with Crippen LogP contribution in [0.2, 0.25) is 0 Å². The normalized spacial score (nSPS) is 23.9. The maximum absolute atomic E-state index is 12.9. The van der Waals surface area contributed by atoms with E-state index in [1.807, 2.05) is 13.8 Å². The van der Waals surface area contributed by atoms with Gasteiger partial charge in [0.25, 0.3) is 0 Å². The molecule has 0 aromatic heterocycles. The highest BCUT2D eigenvalue weighted by molar-refractivity contribution is 5.81. The van der Waals surface area contributed by atoms with Crippen LogP contribution in [0.3, 0.4) is 0 Å². The van der Waals surface area contributed by atoms with E-state index in [1.165, 1.54) is 0 Å². The summed E-state index contributed by atoms with van der Waals surface area (Å²) in [5, 5.41) is 5.45. The highest BCUT2D eigenvalue weighted by Gasteiger charge is 2.50. The molecule has 1 saturated heterocycles. The van der Waals surface area contributed by atoms with Crippen molar-refractivity contribution in [3.63, 3.8) is 0 Å². The molecule has 1 aliphatic rings. The molecule has 0 aliphatic carbocycles. The molecule has 0 spiro atoms. The molecule has 1 heterocycles. The van der Waals surface area contributed by atoms with Crippen molar-refractivity contribution in [2.24, 2.45) is 0 Å². The van der Waals surface area contributed by atoms with E-state index >= 15 is 0 Å². The van der Waals surface area contributed by atoms with Gasteiger partial charge < -0.3 is 15.4 Å². The lowest BCUT2D eigenvalue weighted by Gasteiger charge is -2.17. The maximum atomic E-state index is 12.9. The molecule has 7 heteroatoms. The molecule has 0 aromatic carbocycles. The minimum Gasteiger partial charge on any atom is -0.456 e. The summed E-state index contributed by atoms with van der Waals surface area (Å²) < 4.78 is 30.2. The molecule has 0 aromatic rings. The Hall–Kier alpha value is -1.24. The molecule has 2 atom stereocenters. The number of ether oxygens (including phenoxy) is 1. The summed E-state index contributed by atoms with van der Waals surface area (Å²) in [6.07, 6.45) is -1.53. The predicted octanol–water partition coefficient (Wildman–Crippen LogP) is 0.440. The number of carbonyl (C=O) groups is 2. The van der Waals surface area contributed by atoms with Crippen LogP contribution in [0.25, 0.3) is 0 Å². The highest BCUT2D eigenvalue weighted by atomic mass is 19.3. The number of carbonyl (C=O) groups excluding carboxylic acids is 2. The van der Waals surface area contributed by atoms with E-state index in [0.717, 1.165) is 0 Å². The molecular formula is C11H18F2N2O3. The number of esters is 1. The van der Waals surface area contributed by atoms with Crippen LogP contribution < -0.4 is 10.6 Å². The van der Waals surface area contributed by atoms with Crippen LogP contribution in [0.4, 0.5) is 8.78 Å². The molecule has 104 valence electrons. The number of rotatable bonds is 5. The Morgan fingerprint density at radius 3 is 2.56 bits per heavy atom. The third-order valence-corrected chi connectivity index (χ3v) is 2.53. The lowest BCUT2D eigenvalue weighted by Crippen LogP contribution is -2.46. The first-order chi connectivity index (χ1) is 8.22. The summed E-state index contributed by atoms with van der Waals surface area (Å²) in [7, 11) is 0. The molecule has 0 radical (unpaired) electrons. The quantitative estimate of drug-likeness (QED) is 0.707. The molecule has 1 fully saturated rings. The first-order valence-corrected chi connectivity index (χ1v) is 5.85.